The van der Waals surface area contributed by atoms with Gasteiger partial charge in [0.25, 0.3) is 10.1 Å². The zero-order chi connectivity index (χ0) is 17.3. The molecule has 0 spiro atoms. The summed E-state index contributed by atoms with van der Waals surface area (Å²) in [4.78, 5) is -1.33. The molecule has 1 unspecified atom stereocenters. The van der Waals surface area contributed by atoms with Crippen molar-refractivity contribution in [2.75, 3.05) is 12.4 Å². The van der Waals surface area contributed by atoms with Gasteiger partial charge in [0.2, 0.25) is 9.84 Å². The molecule has 10 nitrogen and oxygen atoms in total. The summed E-state index contributed by atoms with van der Waals surface area (Å²) in [6.07, 6.45) is 0. The molecule has 1 aromatic rings. The second-order valence-electron chi connectivity index (χ2n) is 4.02. The number of nitrogens with one attached hydrogen (secondary N) is 1. The highest BCUT2D eigenvalue weighted by Crippen LogP contribution is 2.27. The molecule has 0 saturated carbocycles. The molecule has 126 valence electrons. The fourth-order valence-electron chi connectivity index (χ4n) is 1.51. The van der Waals surface area contributed by atoms with Gasteiger partial charge in [0, 0.05) is 7.05 Å². The van der Waals surface area contributed by atoms with Crippen LogP contribution in [0.5, 0.6) is 0 Å². The fourth-order valence-corrected chi connectivity index (χ4v) is 4.29. The molecule has 0 heterocycles. The summed E-state index contributed by atoms with van der Waals surface area (Å²) >= 11 is 0. The van der Waals surface area contributed by atoms with Gasteiger partial charge < -0.3 is 5.32 Å². The maximum Gasteiger partial charge on any atom is 0.398 e. The summed E-state index contributed by atoms with van der Waals surface area (Å²) in [7, 11) is -12.8. The second-order valence-corrected chi connectivity index (χ2v) is 8.68. The number of benzene rings is 1. The maximum atomic E-state index is 12.1. The Morgan fingerprint density at radius 2 is 1.64 bits per heavy atom. The third-order valence-corrected chi connectivity index (χ3v) is 5.95. The van der Waals surface area contributed by atoms with Crippen molar-refractivity contribution >= 4 is 36.0 Å². The van der Waals surface area contributed by atoms with Gasteiger partial charge in [-0.15, -0.1) is 0 Å². The Morgan fingerprint density at radius 1 is 1.09 bits per heavy atom. The van der Waals surface area contributed by atoms with Crippen LogP contribution in [0.1, 0.15) is 6.92 Å². The molecule has 0 fully saturated rings. The van der Waals surface area contributed by atoms with E-state index in [9.17, 15) is 25.3 Å². The van der Waals surface area contributed by atoms with Gasteiger partial charge in [-0.1, -0.05) is 0 Å². The monoisotopic (exact) mass is 375 g/mol. The van der Waals surface area contributed by atoms with Crippen molar-refractivity contribution in [1.82, 2.24) is 0 Å². The summed E-state index contributed by atoms with van der Waals surface area (Å²) in [5.74, 6) is 0. The van der Waals surface area contributed by atoms with E-state index in [-0.39, 0.29) is 5.69 Å². The van der Waals surface area contributed by atoms with Crippen molar-refractivity contribution in [3.05, 3.63) is 18.2 Å². The Kier molecular flexibility index (Phi) is 5.21. The molecule has 1 rings (SSSR count). The van der Waals surface area contributed by atoms with E-state index < -0.39 is 45.6 Å². The average molecular weight is 375 g/mol. The molecule has 22 heavy (non-hydrogen) atoms. The van der Waals surface area contributed by atoms with E-state index in [2.05, 4.69) is 9.50 Å². The van der Waals surface area contributed by atoms with Crippen LogP contribution in [0.25, 0.3) is 0 Å². The molecule has 0 aliphatic heterocycles. The van der Waals surface area contributed by atoms with E-state index in [1.807, 2.05) is 0 Å². The van der Waals surface area contributed by atoms with Gasteiger partial charge in [-0.05, 0) is 25.1 Å². The number of hydrogen-bond donors (Lipinski definition) is 3. The SMILES string of the molecule is CNc1ccc(S(=O)(=O)C(C)OS(=O)(=O)O)cc1S(=O)(=O)O. The first-order chi connectivity index (χ1) is 9.79. The zero-order valence-electron chi connectivity index (χ0n) is 11.3. The molecule has 0 saturated heterocycles. The molecule has 3 N–H and O–H groups in total. The summed E-state index contributed by atoms with van der Waals surface area (Å²) in [5.41, 5.74) is -2.07. The highest BCUT2D eigenvalue weighted by molar-refractivity contribution is 7.92. The van der Waals surface area contributed by atoms with Crippen molar-refractivity contribution in [1.29, 1.82) is 0 Å². The lowest BCUT2D eigenvalue weighted by Gasteiger charge is -2.13. The molecule has 0 aliphatic carbocycles. The van der Waals surface area contributed by atoms with Crippen molar-refractivity contribution in [3.63, 3.8) is 0 Å². The van der Waals surface area contributed by atoms with Crippen LogP contribution in [0.2, 0.25) is 0 Å². The van der Waals surface area contributed by atoms with Gasteiger partial charge >= 0.3 is 10.4 Å². The zero-order valence-corrected chi connectivity index (χ0v) is 13.7. The molecule has 0 aliphatic rings. The van der Waals surface area contributed by atoms with Gasteiger partial charge in [-0.25, -0.2) is 12.6 Å². The Balaban J connectivity index is 3.45. The Morgan fingerprint density at radius 3 is 2.05 bits per heavy atom. The van der Waals surface area contributed by atoms with Gasteiger partial charge in [-0.2, -0.15) is 16.8 Å². The molecule has 0 radical (unpaired) electrons. The normalized spacial score (nSPS) is 14.5. The molecule has 1 aromatic carbocycles. The molecular formula is C9H13NO9S3. The first-order valence-corrected chi connectivity index (χ1v) is 9.83. The molecular weight excluding hydrogens is 362 g/mol. The highest BCUT2D eigenvalue weighted by atomic mass is 32.3. The molecule has 13 heteroatoms. The lowest BCUT2D eigenvalue weighted by atomic mass is 10.3. The van der Waals surface area contributed by atoms with Crippen LogP contribution in [0.15, 0.2) is 28.0 Å². The lowest BCUT2D eigenvalue weighted by Crippen LogP contribution is -2.24. The average Bonchev–Trinajstić information content (AvgIpc) is 2.34. The van der Waals surface area contributed by atoms with E-state index in [1.54, 1.807) is 0 Å². The van der Waals surface area contributed by atoms with Crippen LogP contribution in [-0.2, 0) is 34.5 Å². The minimum absolute atomic E-state index is 0.0650. The fraction of sp³-hybridized carbons (Fsp3) is 0.333. The topological polar surface area (TPSA) is 164 Å². The number of sulfone groups is 1. The van der Waals surface area contributed by atoms with Crippen molar-refractivity contribution in [3.8, 4) is 0 Å². The molecule has 0 amide bonds. The minimum Gasteiger partial charge on any atom is -0.387 e. The molecule has 0 bridgehead atoms. The number of anilines is 1. The Bertz CT molecular complexity index is 871. The standard InChI is InChI=1S/C9H13NO9S3/c1-6(19-22(16,17)18)20(11,12)7-3-4-8(10-2)9(5-7)21(13,14)15/h3-6,10H,1-2H3,(H,13,14,15)(H,16,17,18). The number of rotatable bonds is 6. The van der Waals surface area contributed by atoms with E-state index in [1.165, 1.54) is 7.05 Å². The highest BCUT2D eigenvalue weighted by Gasteiger charge is 2.30. The Labute approximate surface area is 127 Å². The van der Waals surface area contributed by atoms with Crippen LogP contribution >= 0.6 is 0 Å². The van der Waals surface area contributed by atoms with Crippen molar-refractivity contribution in [2.24, 2.45) is 0 Å². The first-order valence-electron chi connectivity index (χ1n) is 5.48. The third-order valence-electron chi connectivity index (χ3n) is 2.52. The number of hydrogen-bond acceptors (Lipinski definition) is 8. The summed E-state index contributed by atoms with van der Waals surface area (Å²) < 4.78 is 89.4. The van der Waals surface area contributed by atoms with Gasteiger partial charge in [0.15, 0.2) is 5.44 Å². The van der Waals surface area contributed by atoms with Crippen molar-refractivity contribution in [2.45, 2.75) is 22.2 Å². The van der Waals surface area contributed by atoms with Crippen molar-refractivity contribution < 1.29 is 38.5 Å². The van der Waals surface area contributed by atoms with E-state index in [4.69, 9.17) is 9.11 Å². The first kappa shape index (κ1) is 18.8. The predicted octanol–water partition coefficient (Wildman–Crippen LogP) is -0.0859. The Hall–Kier alpha value is -1.25. The van der Waals surface area contributed by atoms with E-state index >= 15 is 0 Å². The largest absolute Gasteiger partial charge is 0.398 e. The van der Waals surface area contributed by atoms with Gasteiger partial charge in [0.05, 0.1) is 10.6 Å². The maximum absolute atomic E-state index is 12.1. The summed E-state index contributed by atoms with van der Waals surface area (Å²) in [6, 6.07) is 2.69. The molecule has 1 atom stereocenters. The van der Waals surface area contributed by atoms with Gasteiger partial charge in [-0.3, -0.25) is 9.11 Å². The van der Waals surface area contributed by atoms with Crippen LogP contribution in [0.4, 0.5) is 5.69 Å². The summed E-state index contributed by atoms with van der Waals surface area (Å²) in [5, 5.41) is 2.45. The third kappa shape index (κ3) is 4.37. The quantitative estimate of drug-likeness (QED) is 0.572. The second kappa shape index (κ2) is 6.10. The van der Waals surface area contributed by atoms with Gasteiger partial charge in [0.1, 0.15) is 4.90 Å². The van der Waals surface area contributed by atoms with Crippen LogP contribution < -0.4 is 5.32 Å². The van der Waals surface area contributed by atoms with Crippen LogP contribution in [-0.4, -0.2) is 46.8 Å². The lowest BCUT2D eigenvalue weighted by molar-refractivity contribution is 0.251. The predicted molar refractivity (Wildman–Crippen MR) is 75.1 cm³/mol. The smallest absolute Gasteiger partial charge is 0.387 e. The van der Waals surface area contributed by atoms with Crippen LogP contribution in [0, 0.1) is 0 Å². The van der Waals surface area contributed by atoms with E-state index in [0.29, 0.717) is 6.07 Å². The van der Waals surface area contributed by atoms with E-state index in [0.717, 1.165) is 19.1 Å². The van der Waals surface area contributed by atoms with Crippen LogP contribution in [0.3, 0.4) is 0 Å². The summed E-state index contributed by atoms with van der Waals surface area (Å²) in [6.45, 7) is 0.836. The minimum atomic E-state index is -5.03. The molecule has 0 aromatic heterocycles.